The molecule has 2 aliphatic rings. The van der Waals surface area contributed by atoms with Crippen molar-refractivity contribution >= 4 is 22.7 Å². The van der Waals surface area contributed by atoms with Crippen LogP contribution in [0.1, 0.15) is 42.7 Å². The Morgan fingerprint density at radius 1 is 1.17 bits per heavy atom. The van der Waals surface area contributed by atoms with Crippen molar-refractivity contribution in [2.24, 2.45) is 0 Å². The molecule has 1 aliphatic heterocycles. The van der Waals surface area contributed by atoms with E-state index in [1.807, 2.05) is 42.5 Å². The molecule has 1 saturated heterocycles. The fourth-order valence-electron chi connectivity index (χ4n) is 3.83. The maximum Gasteiger partial charge on any atom is 0.325 e. The summed E-state index contributed by atoms with van der Waals surface area (Å²) < 4.78 is 10.6. The summed E-state index contributed by atoms with van der Waals surface area (Å²) in [6.45, 7) is 1.80. The van der Waals surface area contributed by atoms with Gasteiger partial charge in [0.15, 0.2) is 5.76 Å². The van der Waals surface area contributed by atoms with Gasteiger partial charge in [0, 0.05) is 12.0 Å². The van der Waals surface area contributed by atoms with E-state index in [-0.39, 0.29) is 12.5 Å². The smallest absolute Gasteiger partial charge is 0.325 e. The summed E-state index contributed by atoms with van der Waals surface area (Å²) in [5.41, 5.74) is 0.497. The molecule has 7 nitrogen and oxygen atoms in total. The quantitative estimate of drug-likeness (QED) is 0.671. The minimum absolute atomic E-state index is 0.0742. The van der Waals surface area contributed by atoms with Crippen molar-refractivity contribution in [1.29, 1.82) is 0 Å². The van der Waals surface area contributed by atoms with Gasteiger partial charge in [0.2, 0.25) is 0 Å². The minimum Gasteiger partial charge on any atom is -0.497 e. The Balaban J connectivity index is 1.42. The highest BCUT2D eigenvalue weighted by atomic mass is 16.5. The molecule has 0 radical (unpaired) electrons. The number of nitrogens with one attached hydrogen (secondary N) is 1. The Morgan fingerprint density at radius 3 is 2.69 bits per heavy atom. The average molecular weight is 391 g/mol. The molecular formula is C22H21N3O4. The normalized spacial score (nSPS) is 21.7. The van der Waals surface area contributed by atoms with Crippen LogP contribution in [-0.2, 0) is 16.9 Å². The predicted molar refractivity (Wildman–Crippen MR) is 105 cm³/mol. The standard InChI is InChI=1S/C22H21N3O4/c1-22(16-7-5-15-10-17(28-2)8-6-14(15)9-16)20(26)25(21(27)23-22)12-18-11-19(24-29-18)13-3-4-13/h5-11,13H,3-4,12H2,1-2H3,(H,23,27). The van der Waals surface area contributed by atoms with Gasteiger partial charge in [-0.1, -0.05) is 23.4 Å². The van der Waals surface area contributed by atoms with Crippen molar-refractivity contribution in [2.75, 3.05) is 7.11 Å². The number of hydrogen-bond acceptors (Lipinski definition) is 5. The number of nitrogens with zero attached hydrogens (tertiary/aromatic N) is 2. The third-order valence-electron chi connectivity index (χ3n) is 5.79. The average Bonchev–Trinajstić information content (AvgIpc) is 3.43. The lowest BCUT2D eigenvalue weighted by Gasteiger charge is -2.22. The Bertz CT molecular complexity index is 1130. The van der Waals surface area contributed by atoms with Crippen LogP contribution in [-0.4, -0.2) is 29.1 Å². The van der Waals surface area contributed by atoms with Crippen LogP contribution >= 0.6 is 0 Å². The first-order chi connectivity index (χ1) is 14.0. The van der Waals surface area contributed by atoms with Crippen LogP contribution in [0.2, 0.25) is 0 Å². The zero-order chi connectivity index (χ0) is 20.2. The molecule has 1 saturated carbocycles. The molecule has 2 aromatic carbocycles. The summed E-state index contributed by atoms with van der Waals surface area (Å²) >= 11 is 0. The molecule has 148 valence electrons. The number of imide groups is 1. The van der Waals surface area contributed by atoms with Crippen molar-refractivity contribution in [3.05, 3.63) is 59.5 Å². The number of amides is 3. The molecule has 1 atom stereocenters. The van der Waals surface area contributed by atoms with Gasteiger partial charge in [-0.05, 0) is 54.3 Å². The van der Waals surface area contributed by atoms with Crippen molar-refractivity contribution in [3.8, 4) is 5.75 Å². The summed E-state index contributed by atoms with van der Waals surface area (Å²) in [6.07, 6.45) is 2.22. The van der Waals surface area contributed by atoms with Crippen molar-refractivity contribution in [2.45, 2.75) is 37.8 Å². The Morgan fingerprint density at radius 2 is 1.93 bits per heavy atom. The molecule has 3 amide bonds. The number of carbonyl (C=O) groups is 2. The van der Waals surface area contributed by atoms with Crippen molar-refractivity contribution in [3.63, 3.8) is 0 Å². The van der Waals surface area contributed by atoms with Gasteiger partial charge < -0.3 is 14.6 Å². The van der Waals surface area contributed by atoms with Crippen LogP contribution in [0.5, 0.6) is 5.75 Å². The fraction of sp³-hybridized carbons (Fsp3) is 0.318. The molecule has 3 aromatic rings. The molecule has 2 fully saturated rings. The van der Waals surface area contributed by atoms with E-state index in [0.717, 1.165) is 40.6 Å². The zero-order valence-corrected chi connectivity index (χ0v) is 16.3. The van der Waals surface area contributed by atoms with Crippen molar-refractivity contribution < 1.29 is 18.8 Å². The summed E-state index contributed by atoms with van der Waals surface area (Å²) in [6, 6.07) is 12.9. The van der Waals surface area contributed by atoms with E-state index in [9.17, 15) is 9.59 Å². The summed E-state index contributed by atoms with van der Waals surface area (Å²) in [5, 5.41) is 8.87. The number of urea groups is 1. The predicted octanol–water partition coefficient (Wildman–Crippen LogP) is 3.68. The molecule has 1 aliphatic carbocycles. The van der Waals surface area contributed by atoms with Gasteiger partial charge in [-0.15, -0.1) is 0 Å². The second kappa shape index (κ2) is 6.34. The highest BCUT2D eigenvalue weighted by Crippen LogP contribution is 2.40. The second-order valence-electron chi connectivity index (χ2n) is 7.87. The number of aromatic nitrogens is 1. The van der Waals surface area contributed by atoms with Crippen LogP contribution in [0.25, 0.3) is 10.8 Å². The molecule has 29 heavy (non-hydrogen) atoms. The first-order valence-corrected chi connectivity index (χ1v) is 9.66. The van der Waals surface area contributed by atoms with E-state index < -0.39 is 11.6 Å². The SMILES string of the molecule is COc1ccc2cc(C3(C)NC(=O)N(Cc4cc(C5CC5)no4)C3=O)ccc2c1. The number of hydrogen-bond donors (Lipinski definition) is 1. The minimum atomic E-state index is -1.13. The number of rotatable bonds is 5. The maximum atomic E-state index is 13.2. The zero-order valence-electron chi connectivity index (χ0n) is 16.3. The highest BCUT2D eigenvalue weighted by molar-refractivity contribution is 6.07. The van der Waals surface area contributed by atoms with E-state index in [2.05, 4.69) is 10.5 Å². The summed E-state index contributed by atoms with van der Waals surface area (Å²) in [5.74, 6) is 1.44. The van der Waals surface area contributed by atoms with Crippen molar-refractivity contribution in [1.82, 2.24) is 15.4 Å². The van der Waals surface area contributed by atoms with E-state index in [4.69, 9.17) is 9.26 Å². The van der Waals surface area contributed by atoms with Crippen LogP contribution in [0.4, 0.5) is 4.79 Å². The van der Waals surface area contributed by atoms with Gasteiger partial charge in [0.25, 0.3) is 5.91 Å². The number of methoxy groups -OCH3 is 1. The Hall–Kier alpha value is -3.35. The molecule has 0 bridgehead atoms. The van der Waals surface area contributed by atoms with Crippen LogP contribution < -0.4 is 10.1 Å². The molecule has 0 spiro atoms. The van der Waals surface area contributed by atoms with Crippen LogP contribution in [0.3, 0.4) is 0 Å². The monoisotopic (exact) mass is 391 g/mol. The number of ether oxygens (including phenoxy) is 1. The van der Waals surface area contributed by atoms with E-state index in [0.29, 0.717) is 11.7 Å². The molecule has 5 rings (SSSR count). The molecule has 1 N–H and O–H groups in total. The lowest BCUT2D eigenvalue weighted by molar-refractivity contribution is -0.131. The first-order valence-electron chi connectivity index (χ1n) is 9.66. The van der Waals surface area contributed by atoms with Gasteiger partial charge in [-0.25, -0.2) is 4.79 Å². The second-order valence-corrected chi connectivity index (χ2v) is 7.87. The number of benzene rings is 2. The molecule has 2 heterocycles. The van der Waals surface area contributed by atoms with Crippen LogP contribution in [0.15, 0.2) is 47.0 Å². The first kappa shape index (κ1) is 17.7. The summed E-state index contributed by atoms with van der Waals surface area (Å²) in [7, 11) is 1.63. The van der Waals surface area contributed by atoms with E-state index in [1.165, 1.54) is 4.90 Å². The maximum absolute atomic E-state index is 13.2. The van der Waals surface area contributed by atoms with Gasteiger partial charge in [0.05, 0.1) is 19.3 Å². The van der Waals surface area contributed by atoms with Gasteiger partial charge in [0.1, 0.15) is 11.3 Å². The van der Waals surface area contributed by atoms with Crippen LogP contribution in [0, 0.1) is 0 Å². The third-order valence-corrected chi connectivity index (χ3v) is 5.79. The molecule has 7 heteroatoms. The topological polar surface area (TPSA) is 84.7 Å². The highest BCUT2D eigenvalue weighted by Gasteiger charge is 2.49. The Labute approximate surface area is 167 Å². The molecule has 1 unspecified atom stereocenters. The van der Waals surface area contributed by atoms with E-state index >= 15 is 0 Å². The molecule has 1 aromatic heterocycles. The summed E-state index contributed by atoms with van der Waals surface area (Å²) in [4.78, 5) is 27.0. The number of carbonyl (C=O) groups excluding carboxylic acids is 2. The lowest BCUT2D eigenvalue weighted by atomic mass is 9.90. The third kappa shape index (κ3) is 2.93. The Kier molecular flexibility index (Phi) is 3.87. The van der Waals surface area contributed by atoms with E-state index in [1.54, 1.807) is 14.0 Å². The van der Waals surface area contributed by atoms with Gasteiger partial charge in [-0.3, -0.25) is 9.69 Å². The van der Waals surface area contributed by atoms with Gasteiger partial charge in [-0.2, -0.15) is 0 Å². The van der Waals surface area contributed by atoms with Gasteiger partial charge >= 0.3 is 6.03 Å². The number of fused-ring (bicyclic) bond motifs is 1. The fourth-order valence-corrected chi connectivity index (χ4v) is 3.83. The molecular weight excluding hydrogens is 370 g/mol. The largest absolute Gasteiger partial charge is 0.497 e. The lowest BCUT2D eigenvalue weighted by Crippen LogP contribution is -2.40.